The van der Waals surface area contributed by atoms with E-state index >= 15 is 0 Å². The molecule has 0 fully saturated rings. The summed E-state index contributed by atoms with van der Waals surface area (Å²) in [5.74, 6) is 1.73. The van der Waals surface area contributed by atoms with Crippen LogP contribution in [0.2, 0.25) is 0 Å². The Morgan fingerprint density at radius 3 is 2.41 bits per heavy atom. The molecule has 0 atom stereocenters. The van der Waals surface area contributed by atoms with Crippen LogP contribution in [0.3, 0.4) is 0 Å². The number of methoxy groups -OCH3 is 2. The zero-order chi connectivity index (χ0) is 12.5. The van der Waals surface area contributed by atoms with Gasteiger partial charge in [0.1, 0.15) is 5.75 Å². The molecule has 94 valence electrons. The first-order valence-electron chi connectivity index (χ1n) is 6.00. The molecule has 0 aliphatic heterocycles. The topological polar surface area (TPSA) is 30.8 Å². The van der Waals surface area contributed by atoms with Crippen molar-refractivity contribution >= 4 is 5.90 Å². The Hall–Kier alpha value is -1.51. The van der Waals surface area contributed by atoms with Gasteiger partial charge in [-0.05, 0) is 30.5 Å². The van der Waals surface area contributed by atoms with Crippen molar-refractivity contribution in [1.29, 1.82) is 0 Å². The van der Waals surface area contributed by atoms with Gasteiger partial charge in [0.25, 0.3) is 0 Å². The Morgan fingerprint density at radius 2 is 1.88 bits per heavy atom. The van der Waals surface area contributed by atoms with E-state index in [0.717, 1.165) is 37.5 Å². The Bertz CT molecular complexity index is 344. The summed E-state index contributed by atoms with van der Waals surface area (Å²) in [7, 11) is 3.36. The summed E-state index contributed by atoms with van der Waals surface area (Å²) in [5.41, 5.74) is 1.27. The number of aryl methyl sites for hydroxylation is 1. The van der Waals surface area contributed by atoms with Gasteiger partial charge in [-0.15, -0.1) is 0 Å². The molecule has 17 heavy (non-hydrogen) atoms. The summed E-state index contributed by atoms with van der Waals surface area (Å²) in [6.45, 7) is 2.95. The van der Waals surface area contributed by atoms with Gasteiger partial charge in [-0.25, -0.2) is 0 Å². The standard InChI is InChI=1S/C14H21NO2/c1-4-11-15-14(17-3)10-7-12-5-8-13(16-2)9-6-12/h5-6,8-9H,4,7,10-11H2,1-3H3. The van der Waals surface area contributed by atoms with Crippen molar-refractivity contribution in [2.75, 3.05) is 20.8 Å². The maximum Gasteiger partial charge on any atom is 0.183 e. The summed E-state index contributed by atoms with van der Waals surface area (Å²) in [6, 6.07) is 8.11. The molecule has 1 aromatic carbocycles. The van der Waals surface area contributed by atoms with E-state index in [1.807, 2.05) is 12.1 Å². The molecule has 0 saturated heterocycles. The maximum atomic E-state index is 5.24. The molecule has 1 rings (SSSR count). The summed E-state index contributed by atoms with van der Waals surface area (Å²) in [4.78, 5) is 4.38. The third-order valence-corrected chi connectivity index (χ3v) is 2.53. The van der Waals surface area contributed by atoms with Gasteiger partial charge < -0.3 is 9.47 Å². The van der Waals surface area contributed by atoms with Crippen LogP contribution in [-0.2, 0) is 11.2 Å². The minimum Gasteiger partial charge on any atom is -0.497 e. The van der Waals surface area contributed by atoms with E-state index in [9.17, 15) is 0 Å². The zero-order valence-electron chi connectivity index (χ0n) is 10.9. The van der Waals surface area contributed by atoms with Crippen LogP contribution in [0.4, 0.5) is 0 Å². The van der Waals surface area contributed by atoms with E-state index in [-0.39, 0.29) is 0 Å². The third-order valence-electron chi connectivity index (χ3n) is 2.53. The second-order valence-corrected chi connectivity index (χ2v) is 3.83. The lowest BCUT2D eigenvalue weighted by molar-refractivity contribution is 0.387. The Kier molecular flexibility index (Phi) is 6.15. The molecule has 0 bridgehead atoms. The minimum absolute atomic E-state index is 0.836. The molecule has 1 aromatic rings. The van der Waals surface area contributed by atoms with Crippen LogP contribution >= 0.6 is 0 Å². The first-order chi connectivity index (χ1) is 8.30. The molecule has 0 unspecified atom stereocenters. The molecule has 3 heteroatoms. The molecule has 0 spiro atoms. The molecular weight excluding hydrogens is 214 g/mol. The molecule has 3 nitrogen and oxygen atoms in total. The molecule has 0 saturated carbocycles. The predicted molar refractivity (Wildman–Crippen MR) is 70.9 cm³/mol. The monoisotopic (exact) mass is 235 g/mol. The number of aliphatic imine (C=N–C) groups is 1. The van der Waals surface area contributed by atoms with Crippen LogP contribution in [0, 0.1) is 0 Å². The number of rotatable bonds is 6. The van der Waals surface area contributed by atoms with E-state index < -0.39 is 0 Å². The first-order valence-corrected chi connectivity index (χ1v) is 6.00. The Labute approximate surface area is 103 Å². The Morgan fingerprint density at radius 1 is 1.18 bits per heavy atom. The van der Waals surface area contributed by atoms with Crippen LogP contribution in [0.15, 0.2) is 29.3 Å². The fraction of sp³-hybridized carbons (Fsp3) is 0.500. The molecule has 0 heterocycles. The Balaban J connectivity index is 2.47. The molecular formula is C14H21NO2. The third kappa shape index (κ3) is 4.89. The van der Waals surface area contributed by atoms with E-state index in [4.69, 9.17) is 9.47 Å². The van der Waals surface area contributed by atoms with E-state index in [2.05, 4.69) is 24.0 Å². The number of nitrogens with zero attached hydrogens (tertiary/aromatic N) is 1. The van der Waals surface area contributed by atoms with Crippen molar-refractivity contribution in [2.45, 2.75) is 26.2 Å². The lowest BCUT2D eigenvalue weighted by Gasteiger charge is -2.06. The van der Waals surface area contributed by atoms with Crippen LogP contribution < -0.4 is 4.74 Å². The van der Waals surface area contributed by atoms with Crippen molar-refractivity contribution in [2.24, 2.45) is 4.99 Å². The van der Waals surface area contributed by atoms with Crippen LogP contribution in [0.5, 0.6) is 5.75 Å². The molecule has 0 N–H and O–H groups in total. The normalized spacial score (nSPS) is 11.4. The SMILES string of the molecule is CCCN=C(CCc1ccc(OC)cc1)OC. The zero-order valence-corrected chi connectivity index (χ0v) is 10.9. The summed E-state index contributed by atoms with van der Waals surface area (Å²) >= 11 is 0. The fourth-order valence-corrected chi connectivity index (χ4v) is 1.53. The summed E-state index contributed by atoms with van der Waals surface area (Å²) in [6.07, 6.45) is 2.85. The highest BCUT2D eigenvalue weighted by molar-refractivity contribution is 5.76. The molecule has 0 aliphatic rings. The highest BCUT2D eigenvalue weighted by Gasteiger charge is 2.00. The van der Waals surface area contributed by atoms with Crippen LogP contribution in [0.25, 0.3) is 0 Å². The lowest BCUT2D eigenvalue weighted by Crippen LogP contribution is -2.04. The maximum absolute atomic E-state index is 5.24. The van der Waals surface area contributed by atoms with Gasteiger partial charge >= 0.3 is 0 Å². The lowest BCUT2D eigenvalue weighted by atomic mass is 10.1. The molecule has 0 radical (unpaired) electrons. The van der Waals surface area contributed by atoms with Gasteiger partial charge in [0, 0.05) is 13.0 Å². The van der Waals surface area contributed by atoms with Gasteiger partial charge in [0.2, 0.25) is 0 Å². The van der Waals surface area contributed by atoms with Gasteiger partial charge in [-0.3, -0.25) is 4.99 Å². The number of hydrogen-bond donors (Lipinski definition) is 0. The average molecular weight is 235 g/mol. The van der Waals surface area contributed by atoms with E-state index in [0.29, 0.717) is 0 Å². The van der Waals surface area contributed by atoms with Crippen molar-refractivity contribution < 1.29 is 9.47 Å². The molecule has 0 aliphatic carbocycles. The highest BCUT2D eigenvalue weighted by Crippen LogP contribution is 2.12. The van der Waals surface area contributed by atoms with E-state index in [1.54, 1.807) is 14.2 Å². The van der Waals surface area contributed by atoms with Crippen molar-refractivity contribution in [3.05, 3.63) is 29.8 Å². The smallest absolute Gasteiger partial charge is 0.183 e. The van der Waals surface area contributed by atoms with E-state index in [1.165, 1.54) is 5.56 Å². The molecule has 0 amide bonds. The van der Waals surface area contributed by atoms with Crippen molar-refractivity contribution in [3.63, 3.8) is 0 Å². The number of benzene rings is 1. The van der Waals surface area contributed by atoms with Gasteiger partial charge in [0.05, 0.1) is 14.2 Å². The summed E-state index contributed by atoms with van der Waals surface area (Å²) in [5, 5.41) is 0. The second kappa shape index (κ2) is 7.71. The average Bonchev–Trinajstić information content (AvgIpc) is 2.39. The van der Waals surface area contributed by atoms with Gasteiger partial charge in [-0.2, -0.15) is 0 Å². The van der Waals surface area contributed by atoms with Gasteiger partial charge in [-0.1, -0.05) is 19.1 Å². The van der Waals surface area contributed by atoms with Crippen molar-refractivity contribution in [3.8, 4) is 5.75 Å². The predicted octanol–water partition coefficient (Wildman–Crippen LogP) is 3.08. The molecule has 0 aromatic heterocycles. The second-order valence-electron chi connectivity index (χ2n) is 3.83. The fourth-order valence-electron chi connectivity index (χ4n) is 1.53. The quantitative estimate of drug-likeness (QED) is 0.560. The largest absolute Gasteiger partial charge is 0.497 e. The van der Waals surface area contributed by atoms with Crippen LogP contribution in [-0.4, -0.2) is 26.7 Å². The van der Waals surface area contributed by atoms with Crippen LogP contribution in [0.1, 0.15) is 25.3 Å². The number of ether oxygens (including phenoxy) is 2. The van der Waals surface area contributed by atoms with Gasteiger partial charge in [0.15, 0.2) is 5.90 Å². The first kappa shape index (κ1) is 13.6. The number of hydrogen-bond acceptors (Lipinski definition) is 3. The highest BCUT2D eigenvalue weighted by atomic mass is 16.5. The summed E-state index contributed by atoms with van der Waals surface area (Å²) < 4.78 is 10.4. The van der Waals surface area contributed by atoms with Crippen molar-refractivity contribution in [1.82, 2.24) is 0 Å². The minimum atomic E-state index is 0.836.